The molecule has 1 aliphatic rings. The summed E-state index contributed by atoms with van der Waals surface area (Å²) in [5.41, 5.74) is 3.43. The van der Waals surface area contributed by atoms with E-state index in [0.717, 1.165) is 12.2 Å². The summed E-state index contributed by atoms with van der Waals surface area (Å²) < 4.78 is 1.62. The number of hydrogen-bond acceptors (Lipinski definition) is 3. The van der Waals surface area contributed by atoms with E-state index in [-0.39, 0.29) is 11.0 Å². The van der Waals surface area contributed by atoms with Crippen molar-refractivity contribution in [3.8, 4) is 0 Å². The van der Waals surface area contributed by atoms with Gasteiger partial charge in [-0.3, -0.25) is 9.69 Å². The number of benzene rings is 1. The van der Waals surface area contributed by atoms with Gasteiger partial charge in [-0.25, -0.2) is 4.68 Å². The predicted octanol–water partition coefficient (Wildman–Crippen LogP) is 3.47. The van der Waals surface area contributed by atoms with E-state index in [2.05, 4.69) is 62.0 Å². The van der Waals surface area contributed by atoms with Crippen molar-refractivity contribution in [2.45, 2.75) is 65.2 Å². The van der Waals surface area contributed by atoms with Gasteiger partial charge in [0.15, 0.2) is 0 Å². The highest BCUT2D eigenvalue weighted by molar-refractivity contribution is 5.22. The Hall–Kier alpha value is -1.94. The van der Waals surface area contributed by atoms with Crippen LogP contribution < -0.4 is 5.56 Å². The largest absolute Gasteiger partial charge is 0.277 e. The van der Waals surface area contributed by atoms with Crippen LogP contribution in [-0.4, -0.2) is 20.7 Å². The first-order valence-corrected chi connectivity index (χ1v) is 8.71. The zero-order valence-corrected chi connectivity index (χ0v) is 15.1. The van der Waals surface area contributed by atoms with Crippen LogP contribution in [0.2, 0.25) is 0 Å². The van der Waals surface area contributed by atoms with E-state index >= 15 is 0 Å². The van der Waals surface area contributed by atoms with Crippen LogP contribution in [0.5, 0.6) is 0 Å². The smallest absolute Gasteiger partial charge is 0.267 e. The highest BCUT2D eigenvalue weighted by Gasteiger charge is 2.29. The van der Waals surface area contributed by atoms with Crippen LogP contribution in [0.1, 0.15) is 50.4 Å². The van der Waals surface area contributed by atoms with E-state index < -0.39 is 0 Å². The number of rotatable bonds is 5. The first-order valence-electron chi connectivity index (χ1n) is 8.71. The molecule has 0 spiro atoms. The quantitative estimate of drug-likeness (QED) is 0.845. The zero-order chi connectivity index (χ0) is 17.3. The number of aromatic nitrogens is 2. The summed E-state index contributed by atoms with van der Waals surface area (Å²) in [5, 5.41) is 4.62. The van der Waals surface area contributed by atoms with Crippen LogP contribution >= 0.6 is 0 Å². The Morgan fingerprint density at radius 3 is 2.58 bits per heavy atom. The Morgan fingerprint density at radius 1 is 1.21 bits per heavy atom. The summed E-state index contributed by atoms with van der Waals surface area (Å²) in [7, 11) is 0. The molecule has 1 aromatic carbocycles. The minimum Gasteiger partial charge on any atom is -0.277 e. The van der Waals surface area contributed by atoms with Gasteiger partial charge in [0.1, 0.15) is 0 Å². The van der Waals surface area contributed by atoms with Crippen LogP contribution in [0.15, 0.2) is 41.2 Å². The van der Waals surface area contributed by atoms with Crippen molar-refractivity contribution in [2.24, 2.45) is 0 Å². The monoisotopic (exact) mass is 325 g/mol. The van der Waals surface area contributed by atoms with Crippen LogP contribution in [0.3, 0.4) is 0 Å². The van der Waals surface area contributed by atoms with E-state index in [0.29, 0.717) is 12.7 Å². The minimum absolute atomic E-state index is 0.0297. The average Bonchev–Trinajstić information content (AvgIpc) is 3.32. The number of nitrogens with zero attached hydrogens (tertiary/aromatic N) is 3. The molecule has 24 heavy (non-hydrogen) atoms. The Morgan fingerprint density at radius 2 is 1.96 bits per heavy atom. The van der Waals surface area contributed by atoms with Crippen LogP contribution in [-0.2, 0) is 18.6 Å². The lowest BCUT2D eigenvalue weighted by Crippen LogP contribution is -2.36. The lowest BCUT2D eigenvalue weighted by atomic mass is 9.92. The average molecular weight is 325 g/mol. The van der Waals surface area contributed by atoms with Gasteiger partial charge in [-0.15, -0.1) is 0 Å². The molecule has 1 heterocycles. The van der Waals surface area contributed by atoms with Gasteiger partial charge in [0, 0.05) is 24.1 Å². The van der Waals surface area contributed by atoms with Crippen molar-refractivity contribution >= 4 is 0 Å². The van der Waals surface area contributed by atoms with Crippen molar-refractivity contribution in [1.29, 1.82) is 0 Å². The molecule has 0 amide bonds. The summed E-state index contributed by atoms with van der Waals surface area (Å²) in [6.45, 7) is 9.89. The van der Waals surface area contributed by atoms with E-state index in [1.165, 1.54) is 24.0 Å². The standard InChI is InChI=1S/C20H27N3O/c1-15-6-5-7-16(12-15)13-22(17-8-9-17)14-23-19(24)11-10-18(21-23)20(2,3)4/h5-7,10-12,17H,8-9,13-14H2,1-4H3. The highest BCUT2D eigenvalue weighted by Crippen LogP contribution is 2.29. The third-order valence-corrected chi connectivity index (χ3v) is 4.48. The van der Waals surface area contributed by atoms with Gasteiger partial charge < -0.3 is 0 Å². The SMILES string of the molecule is Cc1cccc(CN(Cn2nc(C(C)(C)C)ccc2=O)C2CC2)c1. The van der Waals surface area contributed by atoms with Gasteiger partial charge in [0.2, 0.25) is 0 Å². The zero-order valence-electron chi connectivity index (χ0n) is 15.1. The normalized spacial score (nSPS) is 15.0. The third-order valence-electron chi connectivity index (χ3n) is 4.48. The second-order valence-electron chi connectivity index (χ2n) is 7.91. The summed E-state index contributed by atoms with van der Waals surface area (Å²) in [4.78, 5) is 14.6. The number of hydrogen-bond donors (Lipinski definition) is 0. The molecule has 0 bridgehead atoms. The molecular formula is C20H27N3O. The highest BCUT2D eigenvalue weighted by atomic mass is 16.1. The summed E-state index contributed by atoms with van der Waals surface area (Å²) >= 11 is 0. The predicted molar refractivity (Wildman–Crippen MR) is 96.9 cm³/mol. The van der Waals surface area contributed by atoms with Crippen molar-refractivity contribution in [1.82, 2.24) is 14.7 Å². The fourth-order valence-electron chi connectivity index (χ4n) is 2.90. The first kappa shape index (κ1) is 16.9. The van der Waals surface area contributed by atoms with Crippen molar-refractivity contribution < 1.29 is 0 Å². The Kier molecular flexibility index (Phi) is 4.59. The maximum atomic E-state index is 12.3. The molecular weight excluding hydrogens is 298 g/mol. The fraction of sp³-hybridized carbons (Fsp3) is 0.500. The summed E-state index contributed by atoms with van der Waals surface area (Å²) in [5.74, 6) is 0. The molecule has 0 radical (unpaired) electrons. The molecule has 3 rings (SSSR count). The molecule has 0 aliphatic heterocycles. The van der Waals surface area contributed by atoms with Crippen molar-refractivity contribution in [2.75, 3.05) is 0 Å². The van der Waals surface area contributed by atoms with Crippen molar-refractivity contribution in [3.63, 3.8) is 0 Å². The first-order chi connectivity index (χ1) is 11.3. The Bertz CT molecular complexity index is 769. The van der Waals surface area contributed by atoms with Gasteiger partial charge in [-0.1, -0.05) is 50.6 Å². The second kappa shape index (κ2) is 6.52. The van der Waals surface area contributed by atoms with Gasteiger partial charge in [0.25, 0.3) is 5.56 Å². The van der Waals surface area contributed by atoms with E-state index in [1.807, 2.05) is 6.07 Å². The molecule has 0 saturated heterocycles. The third kappa shape index (κ3) is 4.12. The molecule has 1 saturated carbocycles. The lowest BCUT2D eigenvalue weighted by molar-refractivity contribution is 0.182. The molecule has 0 unspecified atom stereocenters. The second-order valence-corrected chi connectivity index (χ2v) is 7.91. The molecule has 1 aromatic heterocycles. The molecule has 1 fully saturated rings. The van der Waals surface area contributed by atoms with E-state index in [9.17, 15) is 4.79 Å². The maximum Gasteiger partial charge on any atom is 0.267 e. The fourth-order valence-corrected chi connectivity index (χ4v) is 2.90. The van der Waals surface area contributed by atoms with E-state index in [1.54, 1.807) is 10.7 Å². The molecule has 128 valence electrons. The molecule has 4 nitrogen and oxygen atoms in total. The topological polar surface area (TPSA) is 38.1 Å². The Balaban J connectivity index is 1.82. The van der Waals surface area contributed by atoms with Gasteiger partial charge in [-0.2, -0.15) is 5.10 Å². The van der Waals surface area contributed by atoms with Crippen molar-refractivity contribution in [3.05, 3.63) is 63.6 Å². The molecule has 0 atom stereocenters. The molecule has 1 aliphatic carbocycles. The van der Waals surface area contributed by atoms with Crippen LogP contribution in [0.4, 0.5) is 0 Å². The van der Waals surface area contributed by atoms with Gasteiger partial charge >= 0.3 is 0 Å². The van der Waals surface area contributed by atoms with Gasteiger partial charge in [0.05, 0.1) is 12.4 Å². The van der Waals surface area contributed by atoms with Crippen LogP contribution in [0, 0.1) is 6.92 Å². The lowest BCUT2D eigenvalue weighted by Gasteiger charge is -2.24. The Labute approximate surface area is 144 Å². The van der Waals surface area contributed by atoms with Crippen LogP contribution in [0.25, 0.3) is 0 Å². The number of aryl methyl sites for hydroxylation is 1. The summed E-state index contributed by atoms with van der Waals surface area (Å²) in [6.07, 6.45) is 2.42. The maximum absolute atomic E-state index is 12.3. The van der Waals surface area contributed by atoms with Gasteiger partial charge in [-0.05, 0) is 31.4 Å². The minimum atomic E-state index is -0.0591. The summed E-state index contributed by atoms with van der Waals surface area (Å²) in [6, 6.07) is 12.6. The molecule has 2 aromatic rings. The molecule has 4 heteroatoms. The van der Waals surface area contributed by atoms with E-state index in [4.69, 9.17) is 0 Å². The molecule has 0 N–H and O–H groups in total.